The van der Waals surface area contributed by atoms with Gasteiger partial charge in [0.25, 0.3) is 11.9 Å². The number of halogens is 1. The zero-order chi connectivity index (χ0) is 77.3. The summed E-state index contributed by atoms with van der Waals surface area (Å²) >= 11 is 3.13. The number of methoxy groups -OCH3 is 2. The molecule has 2 heterocycles. The molecule has 0 atom stereocenters. The van der Waals surface area contributed by atoms with E-state index < -0.39 is 31.7 Å². The standard InChI is InChI=1S/4C18H15P.C11H10O2.C6H6BO2.C5H5BrO2.2C2H6.Pd/c4*1-4-10-16(11-5-1)19(17-12-6-2-7-13-17)18-14-8-3-9-15-18;1-12-11-8-7-10(13-11)9-5-3-2-4-6-9;8-7-9-6-4-2-1-3-5-6;1-7-5-3-2-4(6)8-5;2*1-2;/h4*1-15H;2-8H,1H3;1-5,8H;2-3H,1H3;2*1-2H3;. The molecule has 1 radical (unpaired) electrons. The van der Waals surface area contributed by atoms with E-state index in [1.165, 1.54) is 63.7 Å². The fourth-order valence-corrected chi connectivity index (χ4v) is 20.4. The van der Waals surface area contributed by atoms with E-state index in [1.807, 2.05) is 88.4 Å². The molecule has 1 N–H and O–H groups in total. The van der Waals surface area contributed by atoms with Crippen molar-refractivity contribution in [1.82, 2.24) is 0 Å². The van der Waals surface area contributed by atoms with Crippen LogP contribution in [0.15, 0.2) is 462 Å². The number of hydrogen-bond acceptors (Lipinski definition) is 6. The maximum Gasteiger partial charge on any atom is 0.569 e. The van der Waals surface area contributed by atoms with Crippen LogP contribution in [-0.2, 0) is 20.4 Å². The second kappa shape index (κ2) is 52.9. The van der Waals surface area contributed by atoms with E-state index in [1.54, 1.807) is 38.5 Å². The molecule has 16 rings (SSSR count). The molecular weight excluding hydrogens is 1590 g/mol. The molecule has 111 heavy (non-hydrogen) atoms. The predicted molar refractivity (Wildman–Crippen MR) is 482 cm³/mol. The number of hydrogen-bond donors (Lipinski definition) is 1. The molecule has 0 amide bonds. The first kappa shape index (κ1) is 88.1. The molecule has 0 aliphatic rings. The summed E-state index contributed by atoms with van der Waals surface area (Å²) in [5.74, 6) is 2.54. The summed E-state index contributed by atoms with van der Waals surface area (Å²) in [5.41, 5.74) is 1.06. The second-order valence-electron chi connectivity index (χ2n) is 22.9. The summed E-state index contributed by atoms with van der Waals surface area (Å²) in [5, 5.41) is 24.9. The van der Waals surface area contributed by atoms with Crippen LogP contribution in [0.4, 0.5) is 0 Å². The zero-order valence-corrected chi connectivity index (χ0v) is 70.0. The molecule has 16 aromatic rings. The molecular formula is C98H93BBrO6P4Pd. The molecule has 0 fully saturated rings. The Morgan fingerprint density at radius 1 is 0.243 bits per heavy atom. The number of para-hydroxylation sites is 1. The average Bonchev–Trinajstić information content (AvgIpc) is 1.51. The van der Waals surface area contributed by atoms with Gasteiger partial charge in [0.2, 0.25) is 0 Å². The van der Waals surface area contributed by atoms with E-state index in [2.05, 4.69) is 385 Å². The van der Waals surface area contributed by atoms with Gasteiger partial charge in [-0.15, -0.1) is 0 Å². The molecule has 6 nitrogen and oxygen atoms in total. The van der Waals surface area contributed by atoms with Crippen molar-refractivity contribution in [2.75, 3.05) is 14.2 Å². The first-order valence-corrected chi connectivity index (χ1v) is 42.6. The van der Waals surface area contributed by atoms with E-state index in [0.717, 1.165) is 11.3 Å². The summed E-state index contributed by atoms with van der Waals surface area (Å²) in [6, 6.07) is 156. The average molecular weight is 1690 g/mol. The maximum absolute atomic E-state index is 8.17. The van der Waals surface area contributed by atoms with Crippen molar-refractivity contribution in [3.05, 3.63) is 454 Å². The van der Waals surface area contributed by atoms with E-state index in [9.17, 15) is 0 Å². The van der Waals surface area contributed by atoms with Gasteiger partial charge in [0, 0.05) is 38.1 Å². The Balaban J connectivity index is 0.000000181. The molecule has 0 spiro atoms. The van der Waals surface area contributed by atoms with Gasteiger partial charge in [-0.05, 0) is 136 Å². The number of rotatable bonds is 17. The van der Waals surface area contributed by atoms with Gasteiger partial charge in [0.1, 0.15) is 5.76 Å². The van der Waals surface area contributed by atoms with Gasteiger partial charge in [0.05, 0.1) is 20.0 Å². The van der Waals surface area contributed by atoms with Crippen LogP contribution in [0.25, 0.3) is 11.3 Å². The number of benzene rings is 14. The smallest absolute Gasteiger partial charge is 0.537 e. The van der Waals surface area contributed by atoms with Crippen molar-refractivity contribution in [2.24, 2.45) is 0 Å². The van der Waals surface area contributed by atoms with E-state index in [4.69, 9.17) is 23.3 Å². The van der Waals surface area contributed by atoms with Crippen LogP contribution in [0.2, 0.25) is 0 Å². The van der Waals surface area contributed by atoms with Crippen molar-refractivity contribution in [3.63, 3.8) is 0 Å². The molecule has 14 aromatic carbocycles. The third-order valence-corrected chi connectivity index (χ3v) is 25.9. The van der Waals surface area contributed by atoms with Gasteiger partial charge in [-0.3, -0.25) is 0 Å². The summed E-state index contributed by atoms with van der Waals surface area (Å²) in [6.45, 7) is 8.00. The minimum atomic E-state index is -0.446. The molecule has 0 saturated heterocycles. The molecule has 0 saturated carbocycles. The van der Waals surface area contributed by atoms with Crippen molar-refractivity contribution in [3.8, 4) is 29.0 Å². The maximum atomic E-state index is 8.17. The third kappa shape index (κ3) is 29.9. The Labute approximate surface area is 686 Å². The van der Waals surface area contributed by atoms with Gasteiger partial charge in [0.15, 0.2) is 4.67 Å². The summed E-state index contributed by atoms with van der Waals surface area (Å²) < 4.78 is 25.3. The molecule has 2 aromatic heterocycles. The van der Waals surface area contributed by atoms with Crippen molar-refractivity contribution >= 4 is 119 Å². The third-order valence-electron chi connectivity index (χ3n) is 15.7. The van der Waals surface area contributed by atoms with Crippen LogP contribution in [0.3, 0.4) is 0 Å². The van der Waals surface area contributed by atoms with E-state index in [-0.39, 0.29) is 20.4 Å². The quantitative estimate of drug-likeness (QED) is 0.0723. The Hall–Kier alpha value is -10.1. The van der Waals surface area contributed by atoms with Gasteiger partial charge < -0.3 is 28.0 Å². The first-order valence-electron chi connectivity index (χ1n) is 36.4. The minimum absolute atomic E-state index is 0. The minimum Gasteiger partial charge on any atom is -0.537 e. The fourth-order valence-electron chi connectivity index (χ4n) is 10.9. The van der Waals surface area contributed by atoms with Crippen LogP contribution >= 0.6 is 47.6 Å². The zero-order valence-electron chi connectivity index (χ0n) is 63.3. The van der Waals surface area contributed by atoms with Gasteiger partial charge in [-0.25, -0.2) is 0 Å². The number of ether oxygens (including phenoxy) is 2. The molecule has 0 aliphatic carbocycles. The van der Waals surface area contributed by atoms with Crippen LogP contribution in [0, 0.1) is 0 Å². The van der Waals surface area contributed by atoms with Crippen LogP contribution in [0.5, 0.6) is 17.6 Å². The van der Waals surface area contributed by atoms with Crippen molar-refractivity contribution < 1.29 is 48.4 Å². The molecule has 0 unspecified atom stereocenters. The molecule has 0 aliphatic heterocycles. The SMILES string of the molecule is CC.CC.COc1ccc(-c2ccccc2)o1.COc1ccc(Br)o1.O[B]Oc1ccccc1.[Pd].c1ccc(P(c2ccccc2)c2ccccc2)cc1.c1ccc(P(c2ccccc2)c2ccccc2)cc1.c1ccc(P(c2ccccc2)c2ccccc2)cc1.c1ccc(P(c2ccccc2)c2ccccc2)cc1. The topological polar surface area (TPSA) is 74.2 Å². The van der Waals surface area contributed by atoms with Crippen molar-refractivity contribution in [2.45, 2.75) is 27.7 Å². The van der Waals surface area contributed by atoms with Crippen molar-refractivity contribution in [1.29, 1.82) is 0 Å². The second-order valence-corrected chi connectivity index (χ2v) is 32.5. The molecule has 13 heteroatoms. The Morgan fingerprint density at radius 3 is 0.586 bits per heavy atom. The predicted octanol–water partition coefficient (Wildman–Crippen LogP) is 21.4. The monoisotopic (exact) mass is 1690 g/mol. The Kier molecular flexibility index (Phi) is 42.0. The van der Waals surface area contributed by atoms with Gasteiger partial charge >= 0.3 is 7.69 Å². The normalized spacial score (nSPS) is 9.87. The first-order chi connectivity index (χ1) is 54.5. The van der Waals surface area contributed by atoms with Crippen LogP contribution in [0.1, 0.15) is 27.7 Å². The van der Waals surface area contributed by atoms with Crippen LogP contribution in [-0.4, -0.2) is 26.9 Å². The summed E-state index contributed by atoms with van der Waals surface area (Å²) in [4.78, 5) is 0. The largest absolute Gasteiger partial charge is 0.569 e. The summed E-state index contributed by atoms with van der Waals surface area (Å²) in [6.07, 6.45) is 0. The number of furan rings is 2. The van der Waals surface area contributed by atoms with Gasteiger partial charge in [-0.1, -0.05) is 440 Å². The molecule has 561 valence electrons. The Bertz CT molecular complexity index is 4070. The van der Waals surface area contributed by atoms with Gasteiger partial charge in [-0.2, -0.15) is 0 Å². The molecule has 0 bridgehead atoms. The van der Waals surface area contributed by atoms with E-state index >= 15 is 0 Å². The fraction of sp³-hybridized carbons (Fsp3) is 0.0612. The van der Waals surface area contributed by atoms with Crippen LogP contribution < -0.4 is 77.8 Å². The Morgan fingerprint density at radius 2 is 0.423 bits per heavy atom. The van der Waals surface area contributed by atoms with E-state index in [0.29, 0.717) is 30.0 Å². The summed E-state index contributed by atoms with van der Waals surface area (Å²) in [7, 11) is 2.03.